The lowest BCUT2D eigenvalue weighted by Crippen LogP contribution is -2.28. The summed E-state index contributed by atoms with van der Waals surface area (Å²) in [6.07, 6.45) is 6.42. The van der Waals surface area contributed by atoms with Crippen molar-refractivity contribution in [3.8, 4) is 0 Å². The highest BCUT2D eigenvalue weighted by atomic mass is 16.2. The van der Waals surface area contributed by atoms with Gasteiger partial charge in [-0.1, -0.05) is 6.42 Å². The second-order valence-electron chi connectivity index (χ2n) is 4.57. The molecule has 66 valence electrons. The van der Waals surface area contributed by atoms with Crippen molar-refractivity contribution in [2.24, 2.45) is 17.8 Å². The molecular formula is C10H15NO. The Balaban J connectivity index is 1.57. The van der Waals surface area contributed by atoms with E-state index in [4.69, 9.17) is 0 Å². The Morgan fingerprint density at radius 1 is 1.08 bits per heavy atom. The minimum Gasteiger partial charge on any atom is -0.353 e. The van der Waals surface area contributed by atoms with Gasteiger partial charge in [-0.25, -0.2) is 0 Å². The van der Waals surface area contributed by atoms with Crippen molar-refractivity contribution in [3.63, 3.8) is 0 Å². The van der Waals surface area contributed by atoms with Gasteiger partial charge in [-0.05, 0) is 37.5 Å². The fourth-order valence-electron chi connectivity index (χ4n) is 2.74. The Kier molecular flexibility index (Phi) is 1.29. The molecule has 3 saturated carbocycles. The van der Waals surface area contributed by atoms with Crippen LogP contribution in [0.25, 0.3) is 0 Å². The number of amides is 1. The zero-order valence-corrected chi connectivity index (χ0v) is 7.25. The van der Waals surface area contributed by atoms with Crippen LogP contribution in [0.15, 0.2) is 0 Å². The number of carbonyl (C=O) groups excluding carboxylic acids is 1. The van der Waals surface area contributed by atoms with E-state index in [1.807, 2.05) is 0 Å². The van der Waals surface area contributed by atoms with Crippen LogP contribution < -0.4 is 5.32 Å². The summed E-state index contributed by atoms with van der Waals surface area (Å²) in [4.78, 5) is 11.6. The van der Waals surface area contributed by atoms with E-state index in [9.17, 15) is 4.79 Å². The molecule has 1 amide bonds. The quantitative estimate of drug-likeness (QED) is 0.656. The highest BCUT2D eigenvalue weighted by Gasteiger charge is 2.56. The van der Waals surface area contributed by atoms with Gasteiger partial charge in [0.05, 0.1) is 0 Å². The van der Waals surface area contributed by atoms with Crippen molar-refractivity contribution in [2.75, 3.05) is 0 Å². The Morgan fingerprint density at radius 3 is 2.33 bits per heavy atom. The fraction of sp³-hybridized carbons (Fsp3) is 0.900. The van der Waals surface area contributed by atoms with E-state index in [1.165, 1.54) is 32.1 Å². The van der Waals surface area contributed by atoms with E-state index in [-0.39, 0.29) is 0 Å². The van der Waals surface area contributed by atoms with Gasteiger partial charge in [-0.2, -0.15) is 0 Å². The number of rotatable bonds is 2. The summed E-state index contributed by atoms with van der Waals surface area (Å²) in [5.74, 6) is 2.36. The van der Waals surface area contributed by atoms with Crippen LogP contribution in [0.2, 0.25) is 0 Å². The van der Waals surface area contributed by atoms with Crippen LogP contribution in [0.4, 0.5) is 0 Å². The number of fused-ring (bicyclic) bond motifs is 1. The lowest BCUT2D eigenvalue weighted by molar-refractivity contribution is -0.123. The summed E-state index contributed by atoms with van der Waals surface area (Å²) in [7, 11) is 0. The van der Waals surface area contributed by atoms with E-state index >= 15 is 0 Å². The molecule has 0 aromatic heterocycles. The van der Waals surface area contributed by atoms with Gasteiger partial charge in [0.15, 0.2) is 0 Å². The van der Waals surface area contributed by atoms with Crippen LogP contribution in [0.3, 0.4) is 0 Å². The number of hydrogen-bond acceptors (Lipinski definition) is 1. The predicted molar refractivity (Wildman–Crippen MR) is 45.5 cm³/mol. The normalized spacial score (nSPS) is 43.8. The third kappa shape index (κ3) is 0.970. The fourth-order valence-corrected chi connectivity index (χ4v) is 2.74. The Hall–Kier alpha value is -0.530. The van der Waals surface area contributed by atoms with Crippen molar-refractivity contribution in [2.45, 2.75) is 38.1 Å². The molecular weight excluding hydrogens is 150 g/mol. The molecule has 3 aliphatic carbocycles. The van der Waals surface area contributed by atoms with Gasteiger partial charge in [0, 0.05) is 12.0 Å². The summed E-state index contributed by atoms with van der Waals surface area (Å²) in [5, 5.41) is 3.11. The van der Waals surface area contributed by atoms with Crippen molar-refractivity contribution < 1.29 is 4.79 Å². The Morgan fingerprint density at radius 2 is 1.75 bits per heavy atom. The van der Waals surface area contributed by atoms with Gasteiger partial charge in [0.1, 0.15) is 0 Å². The van der Waals surface area contributed by atoms with Crippen molar-refractivity contribution in [1.82, 2.24) is 5.32 Å². The largest absolute Gasteiger partial charge is 0.353 e. The zero-order valence-electron chi connectivity index (χ0n) is 7.25. The third-order valence-corrected chi connectivity index (χ3v) is 3.63. The predicted octanol–water partition coefficient (Wildman–Crippen LogP) is 1.31. The molecule has 0 aromatic rings. The minimum atomic E-state index is 0.368. The molecule has 2 nitrogen and oxygen atoms in total. The standard InChI is InChI=1S/C10H15NO/c12-10(11-6-4-5-6)9-7-2-1-3-8(7)9/h6-9H,1-5H2,(H,11,12). The molecule has 1 N–H and O–H groups in total. The average molecular weight is 165 g/mol. The van der Waals surface area contributed by atoms with E-state index < -0.39 is 0 Å². The van der Waals surface area contributed by atoms with Crippen LogP contribution in [0.5, 0.6) is 0 Å². The SMILES string of the molecule is O=C(NC1CC1)C1C2CCCC21. The summed E-state index contributed by atoms with van der Waals surface area (Å²) in [6.45, 7) is 0. The molecule has 12 heavy (non-hydrogen) atoms. The molecule has 3 rings (SSSR count). The van der Waals surface area contributed by atoms with Crippen LogP contribution in [0.1, 0.15) is 32.1 Å². The molecule has 0 bridgehead atoms. The monoisotopic (exact) mass is 165 g/mol. The molecule has 0 aromatic carbocycles. The van der Waals surface area contributed by atoms with Crippen molar-refractivity contribution in [1.29, 1.82) is 0 Å². The first-order valence-electron chi connectivity index (χ1n) is 5.16. The average Bonchev–Trinajstić information content (AvgIpc) is 2.94. The minimum absolute atomic E-state index is 0.368. The van der Waals surface area contributed by atoms with E-state index in [0.717, 1.165) is 11.8 Å². The second kappa shape index (κ2) is 2.24. The number of nitrogens with one attached hydrogen (secondary N) is 1. The molecule has 2 atom stereocenters. The molecule has 2 heteroatoms. The third-order valence-electron chi connectivity index (χ3n) is 3.63. The van der Waals surface area contributed by atoms with Gasteiger partial charge in [0.2, 0.25) is 5.91 Å². The smallest absolute Gasteiger partial charge is 0.223 e. The van der Waals surface area contributed by atoms with Crippen molar-refractivity contribution in [3.05, 3.63) is 0 Å². The van der Waals surface area contributed by atoms with Gasteiger partial charge in [-0.3, -0.25) is 4.79 Å². The highest BCUT2D eigenvalue weighted by molar-refractivity contribution is 5.82. The van der Waals surface area contributed by atoms with Gasteiger partial charge >= 0.3 is 0 Å². The topological polar surface area (TPSA) is 29.1 Å². The lowest BCUT2D eigenvalue weighted by Gasteiger charge is -2.03. The Bertz CT molecular complexity index is 212. The van der Waals surface area contributed by atoms with E-state index in [0.29, 0.717) is 17.9 Å². The molecule has 2 unspecified atom stereocenters. The molecule has 3 fully saturated rings. The van der Waals surface area contributed by atoms with E-state index in [2.05, 4.69) is 5.32 Å². The molecule has 0 aliphatic heterocycles. The van der Waals surface area contributed by atoms with Gasteiger partial charge in [-0.15, -0.1) is 0 Å². The summed E-state index contributed by atoms with van der Waals surface area (Å²) in [5.41, 5.74) is 0. The van der Waals surface area contributed by atoms with Crippen LogP contribution >= 0.6 is 0 Å². The summed E-state index contributed by atoms with van der Waals surface area (Å²) < 4.78 is 0. The molecule has 0 radical (unpaired) electrons. The molecule has 0 heterocycles. The summed E-state index contributed by atoms with van der Waals surface area (Å²) in [6, 6.07) is 0.554. The maximum atomic E-state index is 11.6. The van der Waals surface area contributed by atoms with Crippen molar-refractivity contribution >= 4 is 5.91 Å². The van der Waals surface area contributed by atoms with Crippen LogP contribution in [0, 0.1) is 17.8 Å². The van der Waals surface area contributed by atoms with Crippen LogP contribution in [-0.4, -0.2) is 11.9 Å². The first-order valence-corrected chi connectivity index (χ1v) is 5.16. The van der Waals surface area contributed by atoms with E-state index in [1.54, 1.807) is 0 Å². The number of hydrogen-bond donors (Lipinski definition) is 1. The first kappa shape index (κ1) is 6.93. The molecule has 0 saturated heterocycles. The maximum Gasteiger partial charge on any atom is 0.223 e. The lowest BCUT2D eigenvalue weighted by atomic mass is 10.1. The molecule has 0 spiro atoms. The second-order valence-corrected chi connectivity index (χ2v) is 4.57. The first-order chi connectivity index (χ1) is 5.86. The van der Waals surface area contributed by atoms with Gasteiger partial charge in [0.25, 0.3) is 0 Å². The van der Waals surface area contributed by atoms with Crippen LogP contribution in [-0.2, 0) is 4.79 Å². The number of carbonyl (C=O) groups is 1. The maximum absolute atomic E-state index is 11.6. The summed E-state index contributed by atoms with van der Waals surface area (Å²) >= 11 is 0. The zero-order chi connectivity index (χ0) is 8.13. The van der Waals surface area contributed by atoms with Gasteiger partial charge < -0.3 is 5.32 Å². The highest BCUT2D eigenvalue weighted by Crippen LogP contribution is 2.57. The molecule has 3 aliphatic rings. The Labute approximate surface area is 72.7 Å².